The Labute approximate surface area is 101 Å². The molecule has 0 bridgehead atoms. The molecule has 0 aliphatic carbocycles. The minimum Gasteiger partial charge on any atom is -0.369 e. The highest BCUT2D eigenvalue weighted by molar-refractivity contribution is 8.01. The number of primary amides is 1. The molecule has 0 unspecified atom stereocenters. The third kappa shape index (κ3) is 4.56. The summed E-state index contributed by atoms with van der Waals surface area (Å²) in [7, 11) is 0. The number of carbonyl (C=O) groups excluding carboxylic acids is 1. The molecule has 0 saturated carbocycles. The van der Waals surface area contributed by atoms with Crippen molar-refractivity contribution in [3.63, 3.8) is 0 Å². The van der Waals surface area contributed by atoms with Gasteiger partial charge in [-0.05, 0) is 24.6 Å². The van der Waals surface area contributed by atoms with Crippen LogP contribution in [-0.2, 0) is 4.79 Å². The van der Waals surface area contributed by atoms with Crippen LogP contribution in [0.25, 0.3) is 0 Å². The molecule has 7 heteroatoms. The minimum absolute atomic E-state index is 0.313. The fraction of sp³-hybridized carbons (Fsp3) is 0.300. The molecule has 17 heavy (non-hydrogen) atoms. The second kappa shape index (κ2) is 5.31. The number of hydrogen-bond donors (Lipinski definition) is 2. The van der Waals surface area contributed by atoms with E-state index in [9.17, 15) is 18.0 Å². The Kier molecular flexibility index (Phi) is 4.28. The van der Waals surface area contributed by atoms with Crippen molar-refractivity contribution in [3.05, 3.63) is 29.8 Å². The molecule has 0 radical (unpaired) electrons. The van der Waals surface area contributed by atoms with E-state index in [0.29, 0.717) is 11.3 Å². The lowest BCUT2D eigenvalue weighted by Crippen LogP contribution is -2.18. The van der Waals surface area contributed by atoms with E-state index in [1.54, 1.807) is 19.1 Å². The van der Waals surface area contributed by atoms with E-state index in [1.807, 2.05) is 0 Å². The maximum atomic E-state index is 11.9. The molecule has 0 aliphatic rings. The zero-order valence-electron chi connectivity index (χ0n) is 8.91. The summed E-state index contributed by atoms with van der Waals surface area (Å²) in [5.41, 5.74) is 1.76. The fourth-order valence-electron chi connectivity index (χ4n) is 1.12. The van der Waals surface area contributed by atoms with Crippen LogP contribution in [0.15, 0.2) is 24.3 Å². The van der Waals surface area contributed by atoms with Gasteiger partial charge in [0.15, 0.2) is 0 Å². The Bertz CT molecular complexity index is 392. The lowest BCUT2D eigenvalue weighted by atomic mass is 10.0. The van der Waals surface area contributed by atoms with Crippen molar-refractivity contribution in [2.45, 2.75) is 18.3 Å². The Morgan fingerprint density at radius 1 is 1.35 bits per heavy atom. The summed E-state index contributed by atoms with van der Waals surface area (Å²) in [6.07, 6.45) is 0. The third-order valence-electron chi connectivity index (χ3n) is 2.12. The Balaban J connectivity index is 2.65. The van der Waals surface area contributed by atoms with Gasteiger partial charge >= 0.3 is 5.51 Å². The molecule has 0 aromatic heterocycles. The largest absolute Gasteiger partial charge is 0.461 e. The summed E-state index contributed by atoms with van der Waals surface area (Å²) in [5, 5.41) is 0. The van der Waals surface area contributed by atoms with E-state index in [2.05, 4.69) is 4.72 Å². The summed E-state index contributed by atoms with van der Waals surface area (Å²) in [5.74, 6) is -0.935. The zero-order chi connectivity index (χ0) is 13.1. The van der Waals surface area contributed by atoms with E-state index >= 15 is 0 Å². The molecular weight excluding hydrogens is 253 g/mol. The van der Waals surface area contributed by atoms with Gasteiger partial charge in [-0.1, -0.05) is 12.1 Å². The topological polar surface area (TPSA) is 55.1 Å². The number of nitrogens with one attached hydrogen (secondary N) is 1. The van der Waals surface area contributed by atoms with Crippen molar-refractivity contribution in [1.29, 1.82) is 0 Å². The van der Waals surface area contributed by atoms with Gasteiger partial charge in [-0.25, -0.2) is 0 Å². The van der Waals surface area contributed by atoms with Gasteiger partial charge < -0.3 is 10.5 Å². The summed E-state index contributed by atoms with van der Waals surface area (Å²) < 4.78 is 37.8. The molecule has 3 N–H and O–H groups in total. The molecule has 0 fully saturated rings. The summed E-state index contributed by atoms with van der Waals surface area (Å²) in [6.45, 7) is 1.63. The first kappa shape index (κ1) is 13.7. The number of alkyl halides is 3. The minimum atomic E-state index is -4.33. The first-order chi connectivity index (χ1) is 7.79. The Morgan fingerprint density at radius 2 is 1.88 bits per heavy atom. The monoisotopic (exact) mass is 264 g/mol. The van der Waals surface area contributed by atoms with Gasteiger partial charge in [-0.3, -0.25) is 4.79 Å². The van der Waals surface area contributed by atoms with Crippen molar-refractivity contribution < 1.29 is 18.0 Å². The van der Waals surface area contributed by atoms with Gasteiger partial charge in [-0.15, -0.1) is 0 Å². The van der Waals surface area contributed by atoms with Crippen LogP contribution in [0.2, 0.25) is 0 Å². The molecule has 1 aromatic rings. The predicted molar refractivity (Wildman–Crippen MR) is 61.3 cm³/mol. The van der Waals surface area contributed by atoms with Crippen molar-refractivity contribution in [1.82, 2.24) is 0 Å². The maximum Gasteiger partial charge on any atom is 0.461 e. The van der Waals surface area contributed by atoms with Gasteiger partial charge in [0.1, 0.15) is 0 Å². The van der Waals surface area contributed by atoms with Crippen LogP contribution in [0.5, 0.6) is 0 Å². The highest BCUT2D eigenvalue weighted by Crippen LogP contribution is 2.31. The fourth-order valence-corrected chi connectivity index (χ4v) is 1.49. The average molecular weight is 264 g/mol. The second-order valence-electron chi connectivity index (χ2n) is 3.40. The van der Waals surface area contributed by atoms with Crippen LogP contribution in [0, 0.1) is 0 Å². The van der Waals surface area contributed by atoms with Crippen LogP contribution in [0.4, 0.5) is 18.9 Å². The lowest BCUT2D eigenvalue weighted by Gasteiger charge is -2.10. The quantitative estimate of drug-likeness (QED) is 0.822. The number of carbonyl (C=O) groups is 1. The SMILES string of the molecule is C[C@@H](C(N)=O)c1ccc(NSC(F)(F)F)cc1. The Morgan fingerprint density at radius 3 is 2.29 bits per heavy atom. The van der Waals surface area contributed by atoms with Gasteiger partial charge in [0, 0.05) is 5.69 Å². The van der Waals surface area contributed by atoms with Crippen LogP contribution < -0.4 is 10.5 Å². The molecule has 3 nitrogen and oxygen atoms in total. The molecule has 94 valence electrons. The van der Waals surface area contributed by atoms with Crippen molar-refractivity contribution in [2.75, 3.05) is 4.72 Å². The molecule has 1 amide bonds. The highest BCUT2D eigenvalue weighted by atomic mass is 32.2. The highest BCUT2D eigenvalue weighted by Gasteiger charge is 2.28. The van der Waals surface area contributed by atoms with Crippen LogP contribution in [-0.4, -0.2) is 11.4 Å². The maximum absolute atomic E-state index is 11.9. The first-order valence-electron chi connectivity index (χ1n) is 4.69. The normalized spacial score (nSPS) is 13.2. The molecule has 0 aliphatic heterocycles. The van der Waals surface area contributed by atoms with E-state index in [0.717, 1.165) is 0 Å². The lowest BCUT2D eigenvalue weighted by molar-refractivity contribution is -0.119. The number of rotatable bonds is 4. The molecule has 0 spiro atoms. The number of halogens is 3. The third-order valence-corrected chi connectivity index (χ3v) is 2.69. The number of hydrogen-bond acceptors (Lipinski definition) is 3. The van der Waals surface area contributed by atoms with Gasteiger partial charge in [0.2, 0.25) is 5.91 Å². The Hall–Kier alpha value is -1.37. The van der Waals surface area contributed by atoms with Gasteiger partial charge in [-0.2, -0.15) is 13.2 Å². The number of nitrogens with two attached hydrogens (primary N) is 1. The van der Waals surface area contributed by atoms with Crippen LogP contribution >= 0.6 is 11.9 Å². The smallest absolute Gasteiger partial charge is 0.369 e. The second-order valence-corrected chi connectivity index (χ2v) is 4.27. The van der Waals surface area contributed by atoms with E-state index in [-0.39, 0.29) is 11.9 Å². The standard InChI is InChI=1S/C10H11F3N2OS/c1-6(9(14)16)7-2-4-8(5-3-7)15-17-10(11,12)13/h2-6,15H,1H3,(H2,14,16)/t6-/m1/s1. The molecular formula is C10H11F3N2OS. The first-order valence-corrected chi connectivity index (χ1v) is 5.51. The van der Waals surface area contributed by atoms with Crippen molar-refractivity contribution >= 4 is 23.5 Å². The van der Waals surface area contributed by atoms with Crippen molar-refractivity contribution in [2.24, 2.45) is 5.73 Å². The molecule has 1 atom stereocenters. The molecule has 0 heterocycles. The van der Waals surface area contributed by atoms with Crippen molar-refractivity contribution in [3.8, 4) is 0 Å². The summed E-state index contributed by atoms with van der Waals surface area (Å²) in [4.78, 5) is 10.9. The zero-order valence-corrected chi connectivity index (χ0v) is 9.73. The van der Waals surface area contributed by atoms with E-state index < -0.39 is 17.3 Å². The predicted octanol–water partition coefficient (Wildman–Crippen LogP) is 2.86. The summed E-state index contributed by atoms with van der Waals surface area (Å²) >= 11 is -0.334. The molecule has 0 saturated heterocycles. The van der Waals surface area contributed by atoms with E-state index in [4.69, 9.17) is 5.73 Å². The molecule has 1 rings (SSSR count). The van der Waals surface area contributed by atoms with Gasteiger partial charge in [0.25, 0.3) is 0 Å². The van der Waals surface area contributed by atoms with E-state index in [1.165, 1.54) is 12.1 Å². The van der Waals surface area contributed by atoms with Crippen LogP contribution in [0.1, 0.15) is 18.4 Å². The van der Waals surface area contributed by atoms with Crippen LogP contribution in [0.3, 0.4) is 0 Å². The molecule has 1 aromatic carbocycles. The average Bonchev–Trinajstić information content (AvgIpc) is 2.25. The summed E-state index contributed by atoms with van der Waals surface area (Å²) in [6, 6.07) is 6.06. The number of amides is 1. The number of benzene rings is 1. The number of anilines is 1. The van der Waals surface area contributed by atoms with Gasteiger partial charge in [0.05, 0.1) is 17.9 Å².